The van der Waals surface area contributed by atoms with Gasteiger partial charge in [-0.15, -0.1) is 0 Å². The van der Waals surface area contributed by atoms with Crippen LogP contribution >= 0.6 is 0 Å². The molecule has 2 amide bonds. The highest BCUT2D eigenvalue weighted by molar-refractivity contribution is 5.88. The van der Waals surface area contributed by atoms with Crippen LogP contribution in [-0.4, -0.2) is 24.8 Å². The topological polar surface area (TPSA) is 61.4 Å². The molecule has 0 saturated heterocycles. The van der Waals surface area contributed by atoms with Gasteiger partial charge in [-0.05, 0) is 17.7 Å². The molecular formula is C11H16N2O2. The molecule has 4 heteroatoms. The lowest BCUT2D eigenvalue weighted by Gasteiger charge is -2.09. The number of anilines is 1. The van der Waals surface area contributed by atoms with E-state index in [4.69, 9.17) is 5.11 Å². The van der Waals surface area contributed by atoms with Crippen molar-refractivity contribution in [1.82, 2.24) is 5.32 Å². The summed E-state index contributed by atoms with van der Waals surface area (Å²) in [5.74, 6) is 0.124. The third kappa shape index (κ3) is 3.25. The Morgan fingerprint density at radius 1 is 1.40 bits per heavy atom. The van der Waals surface area contributed by atoms with Crippen molar-refractivity contribution in [2.75, 3.05) is 19.0 Å². The van der Waals surface area contributed by atoms with E-state index in [1.807, 2.05) is 31.2 Å². The standard InChI is InChI=1S/C11H16N2O2/c1-8(7-14)9-3-5-10(6-4-9)13-11(15)12-2/h3-6,8,14H,7H2,1-2H3,(H2,12,13,15). The van der Waals surface area contributed by atoms with Gasteiger partial charge in [0, 0.05) is 25.3 Å². The second kappa shape index (κ2) is 5.36. The summed E-state index contributed by atoms with van der Waals surface area (Å²) in [5, 5.41) is 14.1. The summed E-state index contributed by atoms with van der Waals surface area (Å²) in [7, 11) is 1.57. The van der Waals surface area contributed by atoms with Gasteiger partial charge < -0.3 is 15.7 Å². The van der Waals surface area contributed by atoms with Crippen LogP contribution in [0.2, 0.25) is 0 Å². The fraction of sp³-hybridized carbons (Fsp3) is 0.364. The Labute approximate surface area is 89.3 Å². The Morgan fingerprint density at radius 3 is 2.47 bits per heavy atom. The van der Waals surface area contributed by atoms with Crippen LogP contribution in [0.5, 0.6) is 0 Å². The Balaban J connectivity index is 2.68. The quantitative estimate of drug-likeness (QED) is 0.705. The molecule has 0 aliphatic carbocycles. The minimum absolute atomic E-state index is 0.124. The molecule has 0 spiro atoms. The van der Waals surface area contributed by atoms with E-state index in [0.29, 0.717) is 0 Å². The maximum atomic E-state index is 11.0. The van der Waals surface area contributed by atoms with E-state index in [2.05, 4.69) is 10.6 Å². The van der Waals surface area contributed by atoms with Crippen molar-refractivity contribution in [3.8, 4) is 0 Å². The zero-order valence-electron chi connectivity index (χ0n) is 8.95. The van der Waals surface area contributed by atoms with Gasteiger partial charge in [0.2, 0.25) is 0 Å². The molecule has 3 N–H and O–H groups in total. The molecule has 1 rings (SSSR count). The second-order valence-corrected chi connectivity index (χ2v) is 3.41. The van der Waals surface area contributed by atoms with Crippen molar-refractivity contribution < 1.29 is 9.90 Å². The molecule has 0 aromatic heterocycles. The van der Waals surface area contributed by atoms with Crippen LogP contribution in [0.25, 0.3) is 0 Å². The third-order valence-electron chi connectivity index (χ3n) is 2.24. The molecule has 0 saturated carbocycles. The lowest BCUT2D eigenvalue weighted by molar-refractivity contribution is 0.254. The van der Waals surface area contributed by atoms with E-state index in [0.717, 1.165) is 11.3 Å². The van der Waals surface area contributed by atoms with Gasteiger partial charge in [0.15, 0.2) is 0 Å². The van der Waals surface area contributed by atoms with Crippen molar-refractivity contribution in [3.05, 3.63) is 29.8 Å². The monoisotopic (exact) mass is 208 g/mol. The molecular weight excluding hydrogens is 192 g/mol. The highest BCUT2D eigenvalue weighted by atomic mass is 16.3. The number of rotatable bonds is 3. The highest BCUT2D eigenvalue weighted by Gasteiger charge is 2.04. The van der Waals surface area contributed by atoms with Gasteiger partial charge in [-0.3, -0.25) is 0 Å². The smallest absolute Gasteiger partial charge is 0.318 e. The molecule has 0 aliphatic rings. The molecule has 0 aliphatic heterocycles. The van der Waals surface area contributed by atoms with E-state index in [-0.39, 0.29) is 18.6 Å². The van der Waals surface area contributed by atoms with E-state index in [1.165, 1.54) is 0 Å². The van der Waals surface area contributed by atoms with Gasteiger partial charge in [-0.1, -0.05) is 19.1 Å². The molecule has 0 radical (unpaired) electrons. The van der Waals surface area contributed by atoms with Gasteiger partial charge in [0.1, 0.15) is 0 Å². The number of amides is 2. The number of nitrogens with one attached hydrogen (secondary N) is 2. The molecule has 82 valence electrons. The molecule has 1 aromatic carbocycles. The number of carbonyl (C=O) groups excluding carboxylic acids is 1. The minimum Gasteiger partial charge on any atom is -0.396 e. The Bertz CT molecular complexity index is 322. The number of urea groups is 1. The predicted octanol–water partition coefficient (Wildman–Crippen LogP) is 1.53. The van der Waals surface area contributed by atoms with Gasteiger partial charge in [0.05, 0.1) is 0 Å². The summed E-state index contributed by atoms with van der Waals surface area (Å²) >= 11 is 0. The number of carbonyl (C=O) groups is 1. The third-order valence-corrected chi connectivity index (χ3v) is 2.24. The first kappa shape index (κ1) is 11.5. The molecule has 15 heavy (non-hydrogen) atoms. The largest absolute Gasteiger partial charge is 0.396 e. The summed E-state index contributed by atoms with van der Waals surface area (Å²) in [6.45, 7) is 2.07. The maximum Gasteiger partial charge on any atom is 0.318 e. The molecule has 4 nitrogen and oxygen atoms in total. The average molecular weight is 208 g/mol. The van der Waals surface area contributed by atoms with E-state index >= 15 is 0 Å². The number of aliphatic hydroxyl groups excluding tert-OH is 1. The molecule has 1 unspecified atom stereocenters. The van der Waals surface area contributed by atoms with Crippen molar-refractivity contribution in [1.29, 1.82) is 0 Å². The van der Waals surface area contributed by atoms with Gasteiger partial charge in [0.25, 0.3) is 0 Å². The average Bonchev–Trinajstić information content (AvgIpc) is 2.29. The lowest BCUT2D eigenvalue weighted by atomic mass is 10.0. The lowest BCUT2D eigenvalue weighted by Crippen LogP contribution is -2.24. The number of benzene rings is 1. The van der Waals surface area contributed by atoms with E-state index in [9.17, 15) is 4.79 Å². The van der Waals surface area contributed by atoms with Crippen LogP contribution in [-0.2, 0) is 0 Å². The van der Waals surface area contributed by atoms with Crippen LogP contribution in [0.3, 0.4) is 0 Å². The van der Waals surface area contributed by atoms with Crippen LogP contribution in [0.15, 0.2) is 24.3 Å². The SMILES string of the molecule is CNC(=O)Nc1ccc(C(C)CO)cc1. The van der Waals surface area contributed by atoms with Crippen molar-refractivity contribution in [2.45, 2.75) is 12.8 Å². The fourth-order valence-electron chi connectivity index (χ4n) is 1.19. The Hall–Kier alpha value is -1.55. The van der Waals surface area contributed by atoms with Crippen molar-refractivity contribution >= 4 is 11.7 Å². The molecule has 0 bridgehead atoms. The summed E-state index contributed by atoms with van der Waals surface area (Å²) in [4.78, 5) is 11.0. The predicted molar refractivity (Wildman–Crippen MR) is 60.0 cm³/mol. The van der Waals surface area contributed by atoms with Crippen LogP contribution in [0, 0.1) is 0 Å². The summed E-state index contributed by atoms with van der Waals surface area (Å²) in [6.07, 6.45) is 0. The van der Waals surface area contributed by atoms with E-state index < -0.39 is 0 Å². The minimum atomic E-state index is -0.238. The van der Waals surface area contributed by atoms with Crippen LogP contribution in [0.1, 0.15) is 18.4 Å². The number of hydrogen-bond acceptors (Lipinski definition) is 2. The van der Waals surface area contributed by atoms with Gasteiger partial charge in [-0.2, -0.15) is 0 Å². The molecule has 0 heterocycles. The van der Waals surface area contributed by atoms with Crippen LogP contribution in [0.4, 0.5) is 10.5 Å². The van der Waals surface area contributed by atoms with Gasteiger partial charge >= 0.3 is 6.03 Å². The number of aliphatic hydroxyl groups is 1. The first-order valence-electron chi connectivity index (χ1n) is 4.87. The summed E-state index contributed by atoms with van der Waals surface area (Å²) < 4.78 is 0. The first-order valence-corrected chi connectivity index (χ1v) is 4.87. The zero-order valence-corrected chi connectivity index (χ0v) is 8.95. The summed E-state index contributed by atoms with van der Waals surface area (Å²) in [5.41, 5.74) is 1.79. The van der Waals surface area contributed by atoms with E-state index in [1.54, 1.807) is 7.05 Å². The summed E-state index contributed by atoms with van der Waals surface area (Å²) in [6, 6.07) is 7.18. The molecule has 0 fully saturated rings. The van der Waals surface area contributed by atoms with Gasteiger partial charge in [-0.25, -0.2) is 4.79 Å². The Kier molecular flexibility index (Phi) is 4.12. The Morgan fingerprint density at radius 2 is 2.00 bits per heavy atom. The van der Waals surface area contributed by atoms with Crippen molar-refractivity contribution in [2.24, 2.45) is 0 Å². The first-order chi connectivity index (χ1) is 7.17. The molecule has 1 atom stereocenters. The normalized spacial score (nSPS) is 11.9. The maximum absolute atomic E-state index is 11.0. The van der Waals surface area contributed by atoms with Crippen LogP contribution < -0.4 is 10.6 Å². The zero-order chi connectivity index (χ0) is 11.3. The fourth-order valence-corrected chi connectivity index (χ4v) is 1.19. The van der Waals surface area contributed by atoms with Crippen molar-refractivity contribution in [3.63, 3.8) is 0 Å². The highest BCUT2D eigenvalue weighted by Crippen LogP contribution is 2.17. The number of hydrogen-bond donors (Lipinski definition) is 3. The second-order valence-electron chi connectivity index (χ2n) is 3.41. The molecule has 1 aromatic rings.